The van der Waals surface area contributed by atoms with E-state index in [0.717, 1.165) is 28.7 Å². The first-order valence-corrected chi connectivity index (χ1v) is 10.8. The molecule has 0 radical (unpaired) electrons. The lowest BCUT2D eigenvalue weighted by atomic mass is 10.0. The van der Waals surface area contributed by atoms with Crippen LogP contribution in [-0.2, 0) is 16.6 Å². The maximum atomic E-state index is 13.5. The van der Waals surface area contributed by atoms with Crippen LogP contribution in [0.1, 0.15) is 24.5 Å². The number of aryl methyl sites for hydroxylation is 2. The lowest BCUT2D eigenvalue weighted by Gasteiger charge is -2.26. The molecule has 3 heterocycles. The van der Waals surface area contributed by atoms with Crippen molar-refractivity contribution in [3.63, 3.8) is 0 Å². The monoisotopic (exact) mass is 399 g/mol. The summed E-state index contributed by atoms with van der Waals surface area (Å²) in [4.78, 5) is 4.61. The zero-order chi connectivity index (χ0) is 19.9. The van der Waals surface area contributed by atoms with Gasteiger partial charge in [0.25, 0.3) is 0 Å². The van der Waals surface area contributed by atoms with Gasteiger partial charge in [0.1, 0.15) is 11.5 Å². The normalized spacial score (nSPS) is 15.8. The molecule has 0 saturated heterocycles. The van der Waals surface area contributed by atoms with Gasteiger partial charge in [0, 0.05) is 43.0 Å². The molecule has 0 saturated carbocycles. The standard InChI is InChI=1S/C21H22FN3O2S/c1-3-24-14-19(18-5-4-10-23-21(18)24)16-8-11-25(12-9-16)28(26,27)17-6-7-20(22)15(2)13-17/h4-8,10,13-14H,3,9,11-12H2,1-2H3. The van der Waals surface area contributed by atoms with E-state index >= 15 is 0 Å². The van der Waals surface area contributed by atoms with Crippen LogP contribution in [0.3, 0.4) is 0 Å². The Labute approximate surface area is 164 Å². The highest BCUT2D eigenvalue weighted by Crippen LogP contribution is 2.31. The van der Waals surface area contributed by atoms with Gasteiger partial charge in [-0.3, -0.25) is 0 Å². The molecule has 0 atom stereocenters. The third-order valence-electron chi connectivity index (χ3n) is 5.26. The fraction of sp³-hybridized carbons (Fsp3) is 0.286. The molecule has 5 nitrogen and oxygen atoms in total. The number of aromatic nitrogens is 2. The number of hydrogen-bond donors (Lipinski definition) is 0. The van der Waals surface area contributed by atoms with Gasteiger partial charge in [0.05, 0.1) is 4.90 Å². The summed E-state index contributed by atoms with van der Waals surface area (Å²) in [5.41, 5.74) is 3.51. The van der Waals surface area contributed by atoms with E-state index in [0.29, 0.717) is 25.1 Å². The molecule has 7 heteroatoms. The molecule has 3 aromatic rings. The Morgan fingerprint density at radius 1 is 1.25 bits per heavy atom. The van der Waals surface area contributed by atoms with Gasteiger partial charge >= 0.3 is 0 Å². The molecule has 1 aliphatic rings. The predicted octanol–water partition coefficient (Wildman–Crippen LogP) is 3.98. The van der Waals surface area contributed by atoms with Crippen LogP contribution < -0.4 is 0 Å². The zero-order valence-electron chi connectivity index (χ0n) is 15.9. The Balaban J connectivity index is 1.64. The first-order valence-electron chi connectivity index (χ1n) is 9.31. The molecule has 0 spiro atoms. The second-order valence-electron chi connectivity index (χ2n) is 6.96. The van der Waals surface area contributed by atoms with Crippen LogP contribution in [0, 0.1) is 12.7 Å². The van der Waals surface area contributed by atoms with E-state index in [1.54, 1.807) is 13.1 Å². The predicted molar refractivity (Wildman–Crippen MR) is 108 cm³/mol. The summed E-state index contributed by atoms with van der Waals surface area (Å²) < 4.78 is 42.9. The Hall–Kier alpha value is -2.51. The Morgan fingerprint density at radius 3 is 2.75 bits per heavy atom. The molecule has 4 rings (SSSR count). The van der Waals surface area contributed by atoms with Crippen LogP contribution in [0.4, 0.5) is 4.39 Å². The number of rotatable bonds is 4. The van der Waals surface area contributed by atoms with E-state index < -0.39 is 15.8 Å². The first-order chi connectivity index (χ1) is 13.4. The van der Waals surface area contributed by atoms with E-state index in [4.69, 9.17) is 0 Å². The van der Waals surface area contributed by atoms with Gasteiger partial charge in [-0.25, -0.2) is 17.8 Å². The Morgan fingerprint density at radius 2 is 2.07 bits per heavy atom. The molecule has 146 valence electrons. The summed E-state index contributed by atoms with van der Waals surface area (Å²) in [5, 5.41) is 1.08. The third-order valence-corrected chi connectivity index (χ3v) is 7.12. The van der Waals surface area contributed by atoms with E-state index in [-0.39, 0.29) is 4.90 Å². The molecule has 2 aromatic heterocycles. The molecule has 0 amide bonds. The SMILES string of the molecule is CCn1cc(C2=CCN(S(=O)(=O)c3ccc(F)c(C)c3)CC2)c2cccnc21. The summed E-state index contributed by atoms with van der Waals surface area (Å²) in [6, 6.07) is 7.90. The number of hydrogen-bond acceptors (Lipinski definition) is 3. The Bertz CT molecular complexity index is 1180. The van der Waals surface area contributed by atoms with Gasteiger partial charge in [-0.15, -0.1) is 0 Å². The number of halogens is 1. The van der Waals surface area contributed by atoms with Crippen LogP contribution in [0.15, 0.2) is 53.7 Å². The summed E-state index contributed by atoms with van der Waals surface area (Å²) in [6.45, 7) is 5.16. The van der Waals surface area contributed by atoms with Gasteiger partial charge in [-0.2, -0.15) is 4.31 Å². The van der Waals surface area contributed by atoms with Gasteiger partial charge < -0.3 is 4.57 Å². The summed E-state index contributed by atoms with van der Waals surface area (Å²) in [5.74, 6) is -0.402. The highest BCUT2D eigenvalue weighted by atomic mass is 32.2. The summed E-state index contributed by atoms with van der Waals surface area (Å²) in [7, 11) is -3.64. The van der Waals surface area contributed by atoms with Crippen molar-refractivity contribution in [2.75, 3.05) is 13.1 Å². The first kappa shape index (κ1) is 18.8. The molecular formula is C21H22FN3O2S. The maximum Gasteiger partial charge on any atom is 0.243 e. The fourth-order valence-electron chi connectivity index (χ4n) is 3.66. The molecule has 0 bridgehead atoms. The number of nitrogens with zero attached hydrogens (tertiary/aromatic N) is 3. The van der Waals surface area contributed by atoms with Crippen molar-refractivity contribution in [1.82, 2.24) is 13.9 Å². The van der Waals surface area contributed by atoms with Gasteiger partial charge in [-0.1, -0.05) is 6.08 Å². The molecule has 1 aromatic carbocycles. The summed E-state index contributed by atoms with van der Waals surface area (Å²) >= 11 is 0. The number of fused-ring (bicyclic) bond motifs is 1. The molecule has 28 heavy (non-hydrogen) atoms. The van der Waals surface area contributed by atoms with Gasteiger partial charge in [0.2, 0.25) is 10.0 Å². The highest BCUT2D eigenvalue weighted by Gasteiger charge is 2.27. The molecule has 0 unspecified atom stereocenters. The van der Waals surface area contributed by atoms with Crippen LogP contribution >= 0.6 is 0 Å². The smallest absolute Gasteiger partial charge is 0.243 e. The van der Waals surface area contributed by atoms with Gasteiger partial charge in [-0.05, 0) is 61.7 Å². The van der Waals surface area contributed by atoms with Crippen molar-refractivity contribution in [3.05, 3.63) is 65.7 Å². The van der Waals surface area contributed by atoms with E-state index in [1.807, 2.05) is 12.1 Å². The van der Waals surface area contributed by atoms with Crippen molar-refractivity contribution >= 4 is 26.6 Å². The second kappa shape index (κ2) is 7.14. The molecule has 1 aliphatic heterocycles. The van der Waals surface area contributed by atoms with E-state index in [9.17, 15) is 12.8 Å². The minimum atomic E-state index is -3.64. The lowest BCUT2D eigenvalue weighted by molar-refractivity contribution is 0.441. The van der Waals surface area contributed by atoms with Crippen molar-refractivity contribution in [2.45, 2.75) is 31.7 Å². The number of sulfonamides is 1. The highest BCUT2D eigenvalue weighted by molar-refractivity contribution is 7.89. The maximum absolute atomic E-state index is 13.5. The fourth-order valence-corrected chi connectivity index (χ4v) is 5.13. The average Bonchev–Trinajstić information content (AvgIpc) is 3.09. The van der Waals surface area contributed by atoms with Gasteiger partial charge in [0.15, 0.2) is 0 Å². The largest absolute Gasteiger partial charge is 0.332 e. The molecule has 0 fully saturated rings. The van der Waals surface area contributed by atoms with E-state index in [1.165, 1.54) is 22.5 Å². The average molecular weight is 399 g/mol. The second-order valence-corrected chi connectivity index (χ2v) is 8.89. The molecular weight excluding hydrogens is 377 g/mol. The van der Waals surface area contributed by atoms with Crippen molar-refractivity contribution in [2.24, 2.45) is 0 Å². The quantitative estimate of drug-likeness (QED) is 0.667. The van der Waals surface area contributed by atoms with Crippen LogP contribution in [-0.4, -0.2) is 35.4 Å². The van der Waals surface area contributed by atoms with Crippen molar-refractivity contribution < 1.29 is 12.8 Å². The minimum Gasteiger partial charge on any atom is -0.332 e. The number of benzene rings is 1. The molecule has 0 N–H and O–H groups in total. The molecule has 0 aliphatic carbocycles. The minimum absolute atomic E-state index is 0.134. The zero-order valence-corrected chi connectivity index (χ0v) is 16.7. The van der Waals surface area contributed by atoms with E-state index in [2.05, 4.69) is 28.7 Å². The summed E-state index contributed by atoms with van der Waals surface area (Å²) in [6.07, 6.45) is 6.47. The van der Waals surface area contributed by atoms with Crippen LogP contribution in [0.25, 0.3) is 16.6 Å². The van der Waals surface area contributed by atoms with Crippen LogP contribution in [0.2, 0.25) is 0 Å². The van der Waals surface area contributed by atoms with Crippen LogP contribution in [0.5, 0.6) is 0 Å². The third kappa shape index (κ3) is 3.14. The van der Waals surface area contributed by atoms with Crippen molar-refractivity contribution in [1.29, 1.82) is 0 Å². The topological polar surface area (TPSA) is 55.2 Å². The van der Waals surface area contributed by atoms with Crippen molar-refractivity contribution in [3.8, 4) is 0 Å². The number of pyridine rings is 1. The Kier molecular flexibility index (Phi) is 4.81. The lowest BCUT2D eigenvalue weighted by Crippen LogP contribution is -2.34.